The fraction of sp³-hybridized carbons (Fsp3) is 1.00. The van der Waals surface area contributed by atoms with E-state index in [1.807, 2.05) is 0 Å². The van der Waals surface area contributed by atoms with Crippen LogP contribution in [0.1, 0.15) is 54.4 Å². The summed E-state index contributed by atoms with van der Waals surface area (Å²) in [5, 5.41) is 0. The van der Waals surface area contributed by atoms with Crippen LogP contribution in [-0.2, 0) is 0 Å². The van der Waals surface area contributed by atoms with Crippen LogP contribution in [0.3, 0.4) is 0 Å². The zero-order chi connectivity index (χ0) is 8.57. The van der Waals surface area contributed by atoms with E-state index in [0.717, 1.165) is 11.8 Å². The van der Waals surface area contributed by atoms with Crippen molar-refractivity contribution in [3.63, 3.8) is 0 Å². The van der Waals surface area contributed by atoms with Gasteiger partial charge in [0, 0.05) is 8.41 Å². The maximum Gasteiger partial charge on any atom is 0 e. The number of hydrogen-bond acceptors (Lipinski definition) is 0. The topological polar surface area (TPSA) is 0 Å². The van der Waals surface area contributed by atoms with Gasteiger partial charge >= 0.3 is 0 Å². The van der Waals surface area contributed by atoms with Crippen molar-refractivity contribution in [1.82, 2.24) is 0 Å². The molecule has 67 valence electrons. The smallest absolute Gasteiger partial charge is 0 e. The van der Waals surface area contributed by atoms with Gasteiger partial charge in [0.15, 0.2) is 0 Å². The summed E-state index contributed by atoms with van der Waals surface area (Å²) in [6.45, 7) is 13.3. The van der Waals surface area contributed by atoms with Crippen molar-refractivity contribution in [3.8, 4) is 0 Å². The Balaban J connectivity index is -0.000000107. The molecule has 0 nitrogen and oxygen atoms in total. The minimum absolute atomic E-state index is 0. The van der Waals surface area contributed by atoms with Crippen LogP contribution in [0, 0.1) is 11.8 Å². The predicted octanol–water partition coefficient (Wildman–Crippen LogP) is 3.72. The molecule has 0 saturated heterocycles. The minimum atomic E-state index is 0. The maximum atomic E-state index is 2.22. The van der Waals surface area contributed by atoms with Crippen LogP contribution in [-0.4, -0.2) is 8.41 Å². The molecule has 0 atom stereocenters. The minimum Gasteiger partial charge on any atom is -0.0651 e. The molecule has 0 amide bonds. The Morgan fingerprint density at radius 3 is 0.818 bits per heavy atom. The van der Waals surface area contributed by atoms with E-state index in [-0.39, 0.29) is 8.41 Å². The summed E-state index contributed by atoms with van der Waals surface area (Å²) in [6, 6.07) is 0. The number of rotatable bonds is 2. The second kappa shape index (κ2) is 12.7. The maximum absolute atomic E-state index is 2.22. The lowest BCUT2D eigenvalue weighted by Crippen LogP contribution is -1.77. The molecule has 0 saturated carbocycles. The zero-order valence-corrected chi connectivity index (χ0v) is 9.15. The highest BCUT2D eigenvalue weighted by molar-refractivity contribution is 5.75. The fourth-order valence-corrected chi connectivity index (χ4v) is 0. The van der Waals surface area contributed by atoms with E-state index in [4.69, 9.17) is 0 Å². The summed E-state index contributed by atoms with van der Waals surface area (Å²) < 4.78 is 0. The van der Waals surface area contributed by atoms with E-state index in [1.165, 1.54) is 12.8 Å². The molecule has 0 aliphatic heterocycles. The van der Waals surface area contributed by atoms with Crippen molar-refractivity contribution in [3.05, 3.63) is 0 Å². The van der Waals surface area contributed by atoms with Gasteiger partial charge < -0.3 is 0 Å². The van der Waals surface area contributed by atoms with Gasteiger partial charge in [0.2, 0.25) is 0 Å². The first-order valence-corrected chi connectivity index (χ1v) is 4.54. The van der Waals surface area contributed by atoms with E-state index in [2.05, 4.69) is 41.5 Å². The summed E-state index contributed by atoms with van der Waals surface area (Å²) >= 11 is 0. The van der Waals surface area contributed by atoms with Crippen molar-refractivity contribution in [1.29, 1.82) is 0 Å². The molecule has 0 aromatic heterocycles. The van der Waals surface area contributed by atoms with Crippen LogP contribution in [0.2, 0.25) is 0 Å². The highest BCUT2D eigenvalue weighted by Gasteiger charge is 1.80. The molecule has 0 aliphatic carbocycles. The SMILES string of the molecule is CCC(C)C.CCC(C)C.[B]. The van der Waals surface area contributed by atoms with Crippen molar-refractivity contribution >= 4 is 8.41 Å². The molecule has 0 aromatic rings. The van der Waals surface area contributed by atoms with E-state index >= 15 is 0 Å². The van der Waals surface area contributed by atoms with Crippen molar-refractivity contribution < 1.29 is 0 Å². The Labute approximate surface area is 75.4 Å². The van der Waals surface area contributed by atoms with Crippen LogP contribution >= 0.6 is 0 Å². The van der Waals surface area contributed by atoms with Crippen molar-refractivity contribution in [2.24, 2.45) is 11.8 Å². The molecule has 0 bridgehead atoms. The van der Waals surface area contributed by atoms with E-state index in [1.54, 1.807) is 0 Å². The Kier molecular flexibility index (Phi) is 19.9. The van der Waals surface area contributed by atoms with E-state index in [0.29, 0.717) is 0 Å². The van der Waals surface area contributed by atoms with Crippen LogP contribution < -0.4 is 0 Å². The first-order chi connectivity index (χ1) is 4.54. The first-order valence-electron chi connectivity index (χ1n) is 4.54. The highest BCUT2D eigenvalue weighted by atomic mass is 13.9. The molecule has 0 aliphatic rings. The van der Waals surface area contributed by atoms with Gasteiger partial charge in [-0.2, -0.15) is 0 Å². The molecule has 3 radical (unpaired) electrons. The van der Waals surface area contributed by atoms with Gasteiger partial charge in [-0.25, -0.2) is 0 Å². The van der Waals surface area contributed by atoms with Gasteiger partial charge in [0.25, 0.3) is 0 Å². The summed E-state index contributed by atoms with van der Waals surface area (Å²) in [5.41, 5.74) is 0. The zero-order valence-electron chi connectivity index (χ0n) is 9.15. The lowest BCUT2D eigenvalue weighted by atomic mass is 10.2. The Bertz CT molecular complexity index is 40.8. The molecule has 0 heterocycles. The average molecular weight is 155 g/mol. The second-order valence-corrected chi connectivity index (χ2v) is 3.60. The van der Waals surface area contributed by atoms with Crippen LogP contribution in [0.15, 0.2) is 0 Å². The van der Waals surface area contributed by atoms with E-state index in [9.17, 15) is 0 Å². The molecule has 0 unspecified atom stereocenters. The third-order valence-corrected chi connectivity index (χ3v) is 1.63. The monoisotopic (exact) mass is 155 g/mol. The lowest BCUT2D eigenvalue weighted by Gasteiger charge is -1.90. The molecular formula is C10H24B. The largest absolute Gasteiger partial charge is 0.0651 e. The summed E-state index contributed by atoms with van der Waals surface area (Å²) in [4.78, 5) is 0. The van der Waals surface area contributed by atoms with Gasteiger partial charge in [-0.1, -0.05) is 54.4 Å². The second-order valence-electron chi connectivity index (χ2n) is 3.60. The fourth-order valence-electron chi connectivity index (χ4n) is 0. The van der Waals surface area contributed by atoms with Gasteiger partial charge in [-0.3, -0.25) is 0 Å². The van der Waals surface area contributed by atoms with Crippen LogP contribution in [0.5, 0.6) is 0 Å². The van der Waals surface area contributed by atoms with E-state index < -0.39 is 0 Å². The number of hydrogen-bond donors (Lipinski definition) is 0. The molecule has 0 rings (SSSR count). The Morgan fingerprint density at radius 2 is 0.818 bits per heavy atom. The normalized spacial score (nSPS) is 8.73. The molecule has 0 aromatic carbocycles. The molecule has 0 spiro atoms. The summed E-state index contributed by atoms with van der Waals surface area (Å²) in [6.07, 6.45) is 2.61. The highest BCUT2D eigenvalue weighted by Crippen LogP contribution is 1.94. The summed E-state index contributed by atoms with van der Waals surface area (Å²) in [5.74, 6) is 1.77. The predicted molar refractivity (Wildman–Crippen MR) is 56.0 cm³/mol. The van der Waals surface area contributed by atoms with Gasteiger partial charge in [-0.05, 0) is 11.8 Å². The molecule has 11 heavy (non-hydrogen) atoms. The van der Waals surface area contributed by atoms with Gasteiger partial charge in [0.1, 0.15) is 0 Å². The van der Waals surface area contributed by atoms with Crippen molar-refractivity contribution in [2.45, 2.75) is 54.4 Å². The molecule has 0 fully saturated rings. The molecule has 1 heteroatoms. The lowest BCUT2D eigenvalue weighted by molar-refractivity contribution is 0.626. The van der Waals surface area contributed by atoms with Crippen LogP contribution in [0.25, 0.3) is 0 Å². The third kappa shape index (κ3) is 39.6. The summed E-state index contributed by atoms with van der Waals surface area (Å²) in [7, 11) is 0. The van der Waals surface area contributed by atoms with Gasteiger partial charge in [-0.15, -0.1) is 0 Å². The van der Waals surface area contributed by atoms with Crippen molar-refractivity contribution in [2.75, 3.05) is 0 Å². The Hall–Kier alpha value is 0.0649. The van der Waals surface area contributed by atoms with Gasteiger partial charge in [0.05, 0.1) is 0 Å². The van der Waals surface area contributed by atoms with Crippen LogP contribution in [0.4, 0.5) is 0 Å². The first kappa shape index (κ1) is 17.2. The Morgan fingerprint density at radius 1 is 0.727 bits per heavy atom. The average Bonchev–Trinajstić information content (AvgIpc) is 1.89. The quantitative estimate of drug-likeness (QED) is 0.533. The standard InChI is InChI=1S/2C5H12.B/c2*1-4-5(2)3;/h2*5H,4H2,1-3H3;. The molecular weight excluding hydrogens is 131 g/mol. The molecule has 0 N–H and O–H groups in total. The third-order valence-electron chi connectivity index (χ3n) is 1.63.